The summed E-state index contributed by atoms with van der Waals surface area (Å²) in [6.45, 7) is 2.15. The van der Waals surface area contributed by atoms with Gasteiger partial charge in [-0.1, -0.05) is 35.0 Å². The van der Waals surface area contributed by atoms with Crippen LogP contribution in [0.2, 0.25) is 0 Å². The van der Waals surface area contributed by atoms with Crippen molar-refractivity contribution >= 4 is 0 Å². The molecule has 0 N–H and O–H groups in total. The molecule has 0 amide bonds. The summed E-state index contributed by atoms with van der Waals surface area (Å²) >= 11 is 0. The number of fused-ring (bicyclic) bond motifs is 2. The van der Waals surface area contributed by atoms with E-state index in [2.05, 4.69) is 54.4 Å². The van der Waals surface area contributed by atoms with Gasteiger partial charge in [-0.3, -0.25) is 4.90 Å². The van der Waals surface area contributed by atoms with Crippen molar-refractivity contribution in [2.45, 2.75) is 50.1 Å². The van der Waals surface area contributed by atoms with Gasteiger partial charge in [-0.05, 0) is 69.0 Å². The van der Waals surface area contributed by atoms with Crippen molar-refractivity contribution in [2.24, 2.45) is 0 Å². The first-order chi connectivity index (χ1) is 14.1. The third-order valence-electron chi connectivity index (χ3n) is 7.02. The fraction of sp³-hybridized carbons (Fsp3) is 0.400. The van der Waals surface area contributed by atoms with E-state index in [-0.39, 0.29) is 0 Å². The highest BCUT2D eigenvalue weighted by Gasteiger charge is 2.48. The van der Waals surface area contributed by atoms with Crippen LogP contribution in [0.25, 0.3) is 11.3 Å². The second-order valence-electron chi connectivity index (χ2n) is 8.59. The highest BCUT2D eigenvalue weighted by atomic mass is 16.5. The van der Waals surface area contributed by atoms with Gasteiger partial charge in [0, 0.05) is 29.6 Å². The Balaban J connectivity index is 1.50. The Hall–Kier alpha value is -2.59. The molecule has 2 aromatic carbocycles. The Kier molecular flexibility index (Phi) is 4.67. The first-order valence-corrected chi connectivity index (χ1v) is 10.5. The molecule has 0 aliphatic carbocycles. The second-order valence-corrected chi connectivity index (χ2v) is 8.59. The average molecular weight is 389 g/mol. The molecule has 3 aromatic rings. The summed E-state index contributed by atoms with van der Waals surface area (Å²) in [7, 11) is 3.96. The number of hydrogen-bond donors (Lipinski definition) is 0. The molecule has 29 heavy (non-hydrogen) atoms. The van der Waals surface area contributed by atoms with Crippen LogP contribution in [0.15, 0.2) is 59.1 Å². The lowest BCUT2D eigenvalue weighted by Crippen LogP contribution is -2.44. The molecule has 2 unspecified atom stereocenters. The zero-order valence-corrected chi connectivity index (χ0v) is 17.3. The maximum absolute atomic E-state index is 5.98. The molecule has 2 saturated heterocycles. The van der Waals surface area contributed by atoms with Crippen molar-refractivity contribution in [3.63, 3.8) is 0 Å². The van der Waals surface area contributed by atoms with Crippen molar-refractivity contribution < 1.29 is 9.26 Å². The zero-order chi connectivity index (χ0) is 20.0. The van der Waals surface area contributed by atoms with Gasteiger partial charge in [0.2, 0.25) is 0 Å². The normalized spacial score (nSPS) is 26.6. The summed E-state index contributed by atoms with van der Waals surface area (Å²) in [6.07, 6.45) is 3.69. The third kappa shape index (κ3) is 3.25. The van der Waals surface area contributed by atoms with Gasteiger partial charge in [0.15, 0.2) is 0 Å². The fourth-order valence-electron chi connectivity index (χ4n) is 5.36. The molecular formula is C25H28N2O2. The van der Waals surface area contributed by atoms with E-state index in [4.69, 9.17) is 9.26 Å². The first-order valence-electron chi connectivity index (χ1n) is 10.5. The van der Waals surface area contributed by atoms with E-state index in [1.807, 2.05) is 24.3 Å². The van der Waals surface area contributed by atoms with E-state index in [0.29, 0.717) is 23.9 Å². The lowest BCUT2D eigenvalue weighted by atomic mass is 9.74. The Bertz CT molecular complexity index is 977. The monoisotopic (exact) mass is 388 g/mol. The molecule has 4 atom stereocenters. The van der Waals surface area contributed by atoms with E-state index < -0.39 is 0 Å². The van der Waals surface area contributed by atoms with E-state index in [0.717, 1.165) is 22.8 Å². The molecule has 2 aliphatic heterocycles. The van der Waals surface area contributed by atoms with Crippen molar-refractivity contribution in [1.82, 2.24) is 10.1 Å². The Labute approximate surface area is 172 Å². The predicted molar refractivity (Wildman–Crippen MR) is 114 cm³/mol. The van der Waals surface area contributed by atoms with E-state index in [9.17, 15) is 0 Å². The van der Waals surface area contributed by atoms with Crippen LogP contribution in [0.3, 0.4) is 0 Å². The molecule has 0 radical (unpaired) electrons. The van der Waals surface area contributed by atoms with Crippen LogP contribution in [-0.4, -0.2) is 36.3 Å². The average Bonchev–Trinajstić information content (AvgIpc) is 3.31. The van der Waals surface area contributed by atoms with Gasteiger partial charge in [0.1, 0.15) is 17.2 Å². The van der Waals surface area contributed by atoms with Gasteiger partial charge in [-0.15, -0.1) is 0 Å². The summed E-state index contributed by atoms with van der Waals surface area (Å²) < 4.78 is 11.3. The second kappa shape index (κ2) is 7.34. The van der Waals surface area contributed by atoms with Crippen molar-refractivity contribution in [3.05, 3.63) is 71.5 Å². The maximum Gasteiger partial charge on any atom is 0.142 e. The number of rotatable bonds is 4. The number of piperidine rings is 1. The molecule has 3 heterocycles. The molecule has 2 aliphatic rings. The molecular weight excluding hydrogens is 360 g/mol. The summed E-state index contributed by atoms with van der Waals surface area (Å²) in [5.41, 5.74) is 4.69. The van der Waals surface area contributed by atoms with Crippen LogP contribution < -0.4 is 4.74 Å². The molecule has 2 bridgehead atoms. The number of aryl methyl sites for hydroxylation is 1. The lowest BCUT2D eigenvalue weighted by molar-refractivity contribution is 0.122. The molecule has 0 saturated carbocycles. The van der Waals surface area contributed by atoms with Crippen LogP contribution in [0.4, 0.5) is 0 Å². The topological polar surface area (TPSA) is 38.5 Å². The van der Waals surface area contributed by atoms with Crippen LogP contribution in [0, 0.1) is 6.92 Å². The number of ether oxygens (including phenoxy) is 1. The van der Waals surface area contributed by atoms with Gasteiger partial charge in [0.25, 0.3) is 0 Å². The standard InChI is InChI=1S/C25H28N2O2/c1-16-4-6-17(7-5-16)21-14-19-10-13-23(27(19)2)25(21)24-15-22(26-29-24)18-8-11-20(28-3)12-9-18/h4-9,11-12,15,19,21,23,25H,10,13-14H2,1-3H3/t19-,21?,23?,25+/m1/s1. The largest absolute Gasteiger partial charge is 0.497 e. The minimum absolute atomic E-state index is 0.334. The van der Waals surface area contributed by atoms with Crippen molar-refractivity contribution in [3.8, 4) is 17.0 Å². The summed E-state index contributed by atoms with van der Waals surface area (Å²) in [5, 5.41) is 4.43. The summed E-state index contributed by atoms with van der Waals surface area (Å²) in [5.74, 6) is 2.67. The molecule has 2 fully saturated rings. The predicted octanol–water partition coefficient (Wildman–Crippen LogP) is 5.39. The highest BCUT2D eigenvalue weighted by Crippen LogP contribution is 2.51. The Morgan fingerprint density at radius 1 is 1.03 bits per heavy atom. The quantitative estimate of drug-likeness (QED) is 0.600. The Morgan fingerprint density at radius 3 is 2.52 bits per heavy atom. The number of methoxy groups -OCH3 is 1. The molecule has 150 valence electrons. The number of benzene rings is 2. The van der Waals surface area contributed by atoms with Crippen molar-refractivity contribution in [1.29, 1.82) is 0 Å². The minimum atomic E-state index is 0.334. The first kappa shape index (κ1) is 18.4. The zero-order valence-electron chi connectivity index (χ0n) is 17.3. The number of likely N-dealkylation sites (N-methyl/N-ethyl adjacent to an activating group) is 1. The van der Waals surface area contributed by atoms with E-state index >= 15 is 0 Å². The van der Waals surface area contributed by atoms with Crippen molar-refractivity contribution in [2.75, 3.05) is 14.2 Å². The van der Waals surface area contributed by atoms with Gasteiger partial charge in [0.05, 0.1) is 7.11 Å². The molecule has 4 nitrogen and oxygen atoms in total. The minimum Gasteiger partial charge on any atom is -0.497 e. The van der Waals surface area contributed by atoms with Crippen LogP contribution >= 0.6 is 0 Å². The molecule has 4 heteroatoms. The van der Waals surface area contributed by atoms with E-state index in [1.54, 1.807) is 7.11 Å². The number of nitrogens with zero attached hydrogens (tertiary/aromatic N) is 2. The van der Waals surface area contributed by atoms with Gasteiger partial charge in [-0.2, -0.15) is 0 Å². The number of hydrogen-bond acceptors (Lipinski definition) is 4. The van der Waals surface area contributed by atoms with Gasteiger partial charge < -0.3 is 9.26 Å². The number of aromatic nitrogens is 1. The molecule has 1 aromatic heterocycles. The van der Waals surface area contributed by atoms with Gasteiger partial charge in [-0.25, -0.2) is 0 Å². The molecule has 5 rings (SSSR count). The van der Waals surface area contributed by atoms with Crippen LogP contribution in [0.1, 0.15) is 48.0 Å². The third-order valence-corrected chi connectivity index (χ3v) is 7.02. The Morgan fingerprint density at radius 2 is 1.79 bits per heavy atom. The highest BCUT2D eigenvalue weighted by molar-refractivity contribution is 5.60. The molecule has 0 spiro atoms. The summed E-state index contributed by atoms with van der Waals surface area (Å²) in [4.78, 5) is 2.57. The van der Waals surface area contributed by atoms with Gasteiger partial charge >= 0.3 is 0 Å². The van der Waals surface area contributed by atoms with Crippen LogP contribution in [0.5, 0.6) is 5.75 Å². The smallest absolute Gasteiger partial charge is 0.142 e. The maximum atomic E-state index is 5.98. The van der Waals surface area contributed by atoms with E-state index in [1.165, 1.54) is 30.4 Å². The lowest BCUT2D eigenvalue weighted by Gasteiger charge is -2.42. The van der Waals surface area contributed by atoms with Crippen LogP contribution in [-0.2, 0) is 0 Å². The SMILES string of the molecule is COc1ccc(-c2cc([C@H]3C(c4ccc(C)cc4)C[C@H]4CCC3N4C)on2)cc1. The fourth-order valence-corrected chi connectivity index (χ4v) is 5.36. The summed E-state index contributed by atoms with van der Waals surface area (Å²) in [6, 6.07) is 20.4.